The van der Waals surface area contributed by atoms with Gasteiger partial charge in [-0.1, -0.05) is 12.1 Å². The number of hydrogen-bond donors (Lipinski definition) is 2. The number of piperidine rings is 2. The van der Waals surface area contributed by atoms with Crippen LogP contribution in [-0.4, -0.2) is 54.5 Å². The maximum absolute atomic E-state index is 13.3. The molecular weight excluding hydrogens is 319 g/mol. The van der Waals surface area contributed by atoms with Crippen LogP contribution in [0, 0.1) is 11.7 Å². The SMILES string of the molecule is CN1CCC2NNC(C(=O)N3CCCCC3c3ccc(F)cc3)C2C1. The zero-order valence-electron chi connectivity index (χ0n) is 14.7. The van der Waals surface area contributed by atoms with E-state index in [1.807, 2.05) is 17.0 Å². The molecule has 6 heteroatoms. The molecule has 1 aromatic rings. The number of likely N-dealkylation sites (tertiary alicyclic amines) is 2. The summed E-state index contributed by atoms with van der Waals surface area (Å²) in [6, 6.07) is 6.89. The Morgan fingerprint density at radius 1 is 1.12 bits per heavy atom. The summed E-state index contributed by atoms with van der Waals surface area (Å²) in [7, 11) is 2.12. The Hall–Kier alpha value is -1.50. The Labute approximate surface area is 148 Å². The molecule has 0 saturated carbocycles. The number of nitrogens with zero attached hydrogens (tertiary/aromatic N) is 2. The van der Waals surface area contributed by atoms with E-state index in [4.69, 9.17) is 0 Å². The predicted octanol–water partition coefficient (Wildman–Crippen LogP) is 1.68. The second kappa shape index (κ2) is 7.02. The third-order valence-electron chi connectivity index (χ3n) is 6.02. The third-order valence-corrected chi connectivity index (χ3v) is 6.02. The minimum atomic E-state index is -0.229. The molecular formula is C19H27FN4O. The lowest BCUT2D eigenvalue weighted by molar-refractivity contribution is -0.138. The topological polar surface area (TPSA) is 47.6 Å². The highest BCUT2D eigenvalue weighted by Gasteiger charge is 2.45. The van der Waals surface area contributed by atoms with E-state index in [1.54, 1.807) is 0 Å². The van der Waals surface area contributed by atoms with Crippen LogP contribution in [0.3, 0.4) is 0 Å². The van der Waals surface area contributed by atoms with Crippen LogP contribution in [-0.2, 0) is 4.79 Å². The van der Waals surface area contributed by atoms with Crippen molar-refractivity contribution in [1.29, 1.82) is 0 Å². The zero-order chi connectivity index (χ0) is 17.4. The molecule has 3 heterocycles. The van der Waals surface area contributed by atoms with Crippen molar-refractivity contribution in [3.05, 3.63) is 35.6 Å². The van der Waals surface area contributed by atoms with Crippen LogP contribution in [0.2, 0.25) is 0 Å². The van der Waals surface area contributed by atoms with Crippen molar-refractivity contribution in [3.8, 4) is 0 Å². The summed E-state index contributed by atoms with van der Waals surface area (Å²) in [6.45, 7) is 2.79. The highest BCUT2D eigenvalue weighted by Crippen LogP contribution is 2.33. The fourth-order valence-corrected chi connectivity index (χ4v) is 4.62. The molecule has 0 spiro atoms. The van der Waals surface area contributed by atoms with Crippen molar-refractivity contribution < 1.29 is 9.18 Å². The van der Waals surface area contributed by atoms with E-state index >= 15 is 0 Å². The van der Waals surface area contributed by atoms with Gasteiger partial charge >= 0.3 is 0 Å². The molecule has 3 saturated heterocycles. The monoisotopic (exact) mass is 346 g/mol. The number of hydrogen-bond acceptors (Lipinski definition) is 4. The predicted molar refractivity (Wildman–Crippen MR) is 94.2 cm³/mol. The van der Waals surface area contributed by atoms with Gasteiger partial charge in [0.15, 0.2) is 0 Å². The second-order valence-corrected chi connectivity index (χ2v) is 7.68. The third kappa shape index (κ3) is 3.30. The van der Waals surface area contributed by atoms with E-state index in [0.29, 0.717) is 12.0 Å². The van der Waals surface area contributed by atoms with Gasteiger partial charge in [0, 0.05) is 25.0 Å². The van der Waals surface area contributed by atoms with Gasteiger partial charge in [-0.15, -0.1) is 0 Å². The molecule has 3 aliphatic heterocycles. The molecule has 25 heavy (non-hydrogen) atoms. The van der Waals surface area contributed by atoms with Gasteiger partial charge in [-0.05, 0) is 57.0 Å². The number of hydrazine groups is 1. The number of benzene rings is 1. The van der Waals surface area contributed by atoms with Gasteiger partial charge in [0.1, 0.15) is 11.9 Å². The van der Waals surface area contributed by atoms with Crippen molar-refractivity contribution in [2.45, 2.75) is 43.8 Å². The number of nitrogens with one attached hydrogen (secondary N) is 2. The fraction of sp³-hybridized carbons (Fsp3) is 0.632. The minimum Gasteiger partial charge on any atom is -0.334 e. The molecule has 0 aromatic heterocycles. The van der Waals surface area contributed by atoms with E-state index < -0.39 is 0 Å². The summed E-state index contributed by atoms with van der Waals surface area (Å²) in [5.74, 6) is 0.263. The first-order chi connectivity index (χ1) is 12.1. The quantitative estimate of drug-likeness (QED) is 0.855. The Balaban J connectivity index is 1.54. The molecule has 0 aliphatic carbocycles. The maximum atomic E-state index is 13.3. The average molecular weight is 346 g/mol. The summed E-state index contributed by atoms with van der Waals surface area (Å²) >= 11 is 0. The Kier molecular flexibility index (Phi) is 4.75. The van der Waals surface area contributed by atoms with E-state index in [0.717, 1.165) is 50.9 Å². The number of rotatable bonds is 2. The lowest BCUT2D eigenvalue weighted by Gasteiger charge is -2.40. The molecule has 4 unspecified atom stereocenters. The van der Waals surface area contributed by atoms with E-state index in [1.165, 1.54) is 12.1 Å². The van der Waals surface area contributed by atoms with Crippen LogP contribution in [0.5, 0.6) is 0 Å². The molecule has 5 nitrogen and oxygen atoms in total. The molecule has 2 N–H and O–H groups in total. The summed E-state index contributed by atoms with van der Waals surface area (Å²) in [4.78, 5) is 17.7. The normalized spacial score (nSPS) is 33.3. The Morgan fingerprint density at radius 3 is 2.72 bits per heavy atom. The molecule has 4 rings (SSSR count). The van der Waals surface area contributed by atoms with Crippen LogP contribution >= 0.6 is 0 Å². The van der Waals surface area contributed by atoms with Crippen molar-refractivity contribution in [2.24, 2.45) is 5.92 Å². The summed E-state index contributed by atoms with van der Waals surface area (Å²) in [6.07, 6.45) is 4.17. The lowest BCUT2D eigenvalue weighted by Crippen LogP contribution is -2.52. The molecule has 1 aromatic carbocycles. The van der Waals surface area contributed by atoms with Crippen molar-refractivity contribution >= 4 is 5.91 Å². The van der Waals surface area contributed by atoms with Gasteiger partial charge in [-0.2, -0.15) is 0 Å². The van der Waals surface area contributed by atoms with Crippen molar-refractivity contribution in [3.63, 3.8) is 0 Å². The molecule has 4 atom stereocenters. The van der Waals surface area contributed by atoms with Gasteiger partial charge in [-0.25, -0.2) is 9.82 Å². The van der Waals surface area contributed by atoms with Crippen LogP contribution in [0.4, 0.5) is 4.39 Å². The van der Waals surface area contributed by atoms with Gasteiger partial charge in [0.25, 0.3) is 0 Å². The fourth-order valence-electron chi connectivity index (χ4n) is 4.62. The number of amides is 1. The smallest absolute Gasteiger partial charge is 0.241 e. The Morgan fingerprint density at radius 2 is 1.92 bits per heavy atom. The zero-order valence-corrected chi connectivity index (χ0v) is 14.7. The first kappa shape index (κ1) is 16.9. The standard InChI is InChI=1S/C19H27FN4O/c1-23-11-9-16-15(12-23)18(22-21-16)19(25)24-10-3-2-4-17(24)13-5-7-14(20)8-6-13/h5-8,15-18,21-22H,2-4,9-12H2,1H3. The molecule has 0 radical (unpaired) electrons. The summed E-state index contributed by atoms with van der Waals surface area (Å²) in [5, 5.41) is 0. The van der Waals surface area contributed by atoms with Crippen LogP contribution in [0.15, 0.2) is 24.3 Å². The lowest BCUT2D eigenvalue weighted by atomic mass is 9.86. The molecule has 0 bridgehead atoms. The van der Waals surface area contributed by atoms with Crippen molar-refractivity contribution in [2.75, 3.05) is 26.7 Å². The molecule has 1 amide bonds. The molecule has 3 fully saturated rings. The summed E-state index contributed by atoms with van der Waals surface area (Å²) in [5.41, 5.74) is 7.65. The largest absolute Gasteiger partial charge is 0.334 e. The van der Waals surface area contributed by atoms with Crippen molar-refractivity contribution in [1.82, 2.24) is 20.7 Å². The van der Waals surface area contributed by atoms with Crippen LogP contribution in [0.25, 0.3) is 0 Å². The second-order valence-electron chi connectivity index (χ2n) is 7.68. The minimum absolute atomic E-state index is 0.0593. The number of fused-ring (bicyclic) bond motifs is 1. The average Bonchev–Trinajstić information content (AvgIpc) is 3.05. The number of halogens is 1. The maximum Gasteiger partial charge on any atom is 0.241 e. The molecule has 136 valence electrons. The first-order valence-electron chi connectivity index (χ1n) is 9.39. The van der Waals surface area contributed by atoms with Gasteiger partial charge in [-0.3, -0.25) is 10.2 Å². The number of carbonyl (C=O) groups is 1. The molecule has 3 aliphatic rings. The highest BCUT2D eigenvalue weighted by molar-refractivity contribution is 5.83. The number of carbonyl (C=O) groups excluding carboxylic acids is 1. The Bertz CT molecular complexity index is 622. The first-order valence-corrected chi connectivity index (χ1v) is 9.39. The van der Waals surface area contributed by atoms with E-state index in [9.17, 15) is 9.18 Å². The summed E-state index contributed by atoms with van der Waals surface area (Å²) < 4.78 is 13.3. The van der Waals surface area contributed by atoms with Crippen LogP contribution < -0.4 is 10.9 Å². The highest BCUT2D eigenvalue weighted by atomic mass is 19.1. The van der Waals surface area contributed by atoms with Gasteiger partial charge in [0.05, 0.1) is 6.04 Å². The van der Waals surface area contributed by atoms with Gasteiger partial charge < -0.3 is 9.80 Å². The van der Waals surface area contributed by atoms with E-state index in [-0.39, 0.29) is 23.8 Å². The van der Waals surface area contributed by atoms with E-state index in [2.05, 4.69) is 22.8 Å². The van der Waals surface area contributed by atoms with Crippen LogP contribution in [0.1, 0.15) is 37.3 Å². The van der Waals surface area contributed by atoms with Gasteiger partial charge in [0.2, 0.25) is 5.91 Å².